The molecule has 0 spiro atoms. The van der Waals surface area contributed by atoms with Crippen LogP contribution in [0.5, 0.6) is 46.0 Å². The van der Waals surface area contributed by atoms with Crippen molar-refractivity contribution in [1.82, 2.24) is 0 Å². The molecule has 0 radical (unpaired) electrons. The molecule has 0 bridgehead atoms. The predicted octanol–water partition coefficient (Wildman–Crippen LogP) is 3.82. The number of ketones is 1. The fourth-order valence-electron chi connectivity index (χ4n) is 4.17. The highest BCUT2D eigenvalue weighted by Crippen LogP contribution is 2.49. The maximum atomic E-state index is 12.6. The number of carbonyl (C=O) groups is 1. The molecular weight excluding hydrogens is 472 g/mol. The van der Waals surface area contributed by atoms with E-state index in [9.17, 15) is 35.4 Å². The number of benzene rings is 3. The molecule has 0 aromatic heterocycles. The van der Waals surface area contributed by atoms with E-state index in [1.54, 1.807) is 0 Å². The molecule has 36 heavy (non-hydrogen) atoms. The summed E-state index contributed by atoms with van der Waals surface area (Å²) in [4.78, 5) is 12.6. The fraction of sp³-hybridized carbons (Fsp3) is 0.269. The molecule has 6 N–H and O–H groups in total. The number of carbonyl (C=O) groups excluding carboxylic acids is 1. The van der Waals surface area contributed by atoms with E-state index in [2.05, 4.69) is 0 Å². The van der Waals surface area contributed by atoms with Gasteiger partial charge in [0.25, 0.3) is 0 Å². The van der Waals surface area contributed by atoms with Crippen LogP contribution in [0, 0.1) is 0 Å². The minimum absolute atomic E-state index is 0.00548. The van der Waals surface area contributed by atoms with Crippen molar-refractivity contribution in [2.45, 2.75) is 38.6 Å². The normalized spacial score (nSPS) is 20.0. The quantitative estimate of drug-likeness (QED) is 0.292. The van der Waals surface area contributed by atoms with Crippen LogP contribution in [0.15, 0.2) is 42.5 Å². The van der Waals surface area contributed by atoms with E-state index >= 15 is 0 Å². The van der Waals surface area contributed by atoms with Crippen molar-refractivity contribution >= 4 is 5.78 Å². The van der Waals surface area contributed by atoms with E-state index in [-0.39, 0.29) is 52.2 Å². The van der Waals surface area contributed by atoms with Gasteiger partial charge in [-0.1, -0.05) is 19.9 Å². The Morgan fingerprint density at radius 1 is 0.778 bits per heavy atom. The van der Waals surface area contributed by atoms with Crippen molar-refractivity contribution < 1.29 is 49.6 Å². The summed E-state index contributed by atoms with van der Waals surface area (Å²) >= 11 is 0. The number of aliphatic hydroxyl groups is 1. The molecule has 10 heteroatoms. The van der Waals surface area contributed by atoms with Crippen LogP contribution >= 0.6 is 0 Å². The number of hydrogen-bond acceptors (Lipinski definition) is 10. The van der Waals surface area contributed by atoms with Crippen LogP contribution in [-0.4, -0.2) is 49.1 Å². The van der Waals surface area contributed by atoms with Gasteiger partial charge in [-0.2, -0.15) is 0 Å². The summed E-state index contributed by atoms with van der Waals surface area (Å²) in [5.41, 5.74) is 0.749. The topological polar surface area (TPSA) is 166 Å². The lowest BCUT2D eigenvalue weighted by Crippen LogP contribution is -2.36. The third-order valence-electron chi connectivity index (χ3n) is 5.78. The molecule has 3 atom stereocenters. The second kappa shape index (κ2) is 9.74. The molecular formula is C26H26O10. The van der Waals surface area contributed by atoms with Gasteiger partial charge in [-0.15, -0.1) is 0 Å². The van der Waals surface area contributed by atoms with Gasteiger partial charge in [0.05, 0.1) is 13.0 Å². The Kier molecular flexibility index (Phi) is 6.71. The van der Waals surface area contributed by atoms with Crippen molar-refractivity contribution in [2.75, 3.05) is 6.61 Å². The van der Waals surface area contributed by atoms with Crippen LogP contribution < -0.4 is 14.2 Å². The number of rotatable bonds is 3. The zero-order valence-electron chi connectivity index (χ0n) is 19.5. The number of hydrogen-bond donors (Lipinski definition) is 6. The highest BCUT2D eigenvalue weighted by atomic mass is 16.6. The maximum Gasteiger partial charge on any atom is 0.203 e. The molecule has 10 nitrogen and oxygen atoms in total. The van der Waals surface area contributed by atoms with E-state index in [0.717, 1.165) is 6.07 Å². The molecule has 3 unspecified atom stereocenters. The first-order chi connectivity index (χ1) is 17.2. The molecule has 2 aliphatic heterocycles. The van der Waals surface area contributed by atoms with E-state index in [1.165, 1.54) is 36.4 Å². The Hall–Kier alpha value is -4.31. The van der Waals surface area contributed by atoms with E-state index in [4.69, 9.17) is 14.2 Å². The van der Waals surface area contributed by atoms with Gasteiger partial charge in [0.2, 0.25) is 5.75 Å². The predicted molar refractivity (Wildman–Crippen MR) is 126 cm³/mol. The number of ether oxygens (including phenoxy) is 3. The van der Waals surface area contributed by atoms with Gasteiger partial charge in [0.15, 0.2) is 41.0 Å². The molecule has 3 aromatic rings. The standard InChI is InChI=1S/C24H20O10.C2H6/c25-9-21-23(10-1-2-13(27)14(28)3-10)33-20-5-11(4-17(31)24(20)34-21)18-8-16(30)22-15(29)6-12(26)7-19(22)32-18;1-2/h1-7,18,21,23,25-29,31H,8-9H2;1-2H3. The number of phenolic OH excluding ortho intramolecular Hbond substituents is 5. The van der Waals surface area contributed by atoms with Gasteiger partial charge in [-0.25, -0.2) is 0 Å². The molecule has 190 valence electrons. The molecule has 0 aliphatic carbocycles. The van der Waals surface area contributed by atoms with Crippen LogP contribution in [0.4, 0.5) is 0 Å². The number of aromatic hydroxyl groups is 5. The lowest BCUT2D eigenvalue weighted by atomic mass is 9.94. The van der Waals surface area contributed by atoms with Gasteiger partial charge in [-0.05, 0) is 24.3 Å². The highest BCUT2D eigenvalue weighted by molar-refractivity contribution is 6.02. The first kappa shape index (κ1) is 24.8. The summed E-state index contributed by atoms with van der Waals surface area (Å²) < 4.78 is 17.6. The van der Waals surface area contributed by atoms with Crippen molar-refractivity contribution in [3.05, 3.63) is 59.2 Å². The molecule has 0 saturated heterocycles. The smallest absolute Gasteiger partial charge is 0.203 e. The van der Waals surface area contributed by atoms with Gasteiger partial charge in [0.1, 0.15) is 28.9 Å². The molecule has 0 saturated carbocycles. The average molecular weight is 498 g/mol. The lowest BCUT2D eigenvalue weighted by Gasteiger charge is -2.34. The van der Waals surface area contributed by atoms with Crippen molar-refractivity contribution in [1.29, 1.82) is 0 Å². The Bertz CT molecular complexity index is 1300. The van der Waals surface area contributed by atoms with Crippen LogP contribution in [0.1, 0.15) is 54.0 Å². The van der Waals surface area contributed by atoms with Gasteiger partial charge in [-0.3, -0.25) is 4.79 Å². The summed E-state index contributed by atoms with van der Waals surface area (Å²) in [5, 5.41) is 59.6. The van der Waals surface area contributed by atoms with Crippen molar-refractivity contribution in [3.8, 4) is 46.0 Å². The largest absolute Gasteiger partial charge is 0.508 e. The number of fused-ring (bicyclic) bond motifs is 2. The molecule has 2 heterocycles. The lowest BCUT2D eigenvalue weighted by molar-refractivity contribution is -0.0144. The van der Waals surface area contributed by atoms with Crippen molar-refractivity contribution in [2.24, 2.45) is 0 Å². The van der Waals surface area contributed by atoms with Crippen LogP contribution in [0.25, 0.3) is 0 Å². The molecule has 2 aliphatic rings. The minimum Gasteiger partial charge on any atom is -0.508 e. The SMILES string of the molecule is CC.O=C1CC(c2cc(O)c3c(c2)OC(c2ccc(O)c(O)c2)C(CO)O3)Oc2cc(O)cc(O)c21. The highest BCUT2D eigenvalue weighted by Gasteiger charge is 2.37. The zero-order chi connectivity index (χ0) is 26.1. The monoisotopic (exact) mass is 498 g/mol. The number of Topliss-reactive ketones (excluding diaryl/α,β-unsaturated/α-hetero) is 1. The second-order valence-corrected chi connectivity index (χ2v) is 8.06. The van der Waals surface area contributed by atoms with Gasteiger partial charge in [0, 0.05) is 23.3 Å². The maximum absolute atomic E-state index is 12.6. The summed E-state index contributed by atoms with van der Waals surface area (Å²) in [6, 6.07) is 9.18. The van der Waals surface area contributed by atoms with Crippen LogP contribution in [0.2, 0.25) is 0 Å². The summed E-state index contributed by atoms with van der Waals surface area (Å²) in [5.74, 6) is -1.97. The van der Waals surface area contributed by atoms with E-state index < -0.39 is 36.5 Å². The number of aliphatic hydroxyl groups excluding tert-OH is 1. The molecule has 3 aromatic carbocycles. The third-order valence-corrected chi connectivity index (χ3v) is 5.78. The first-order valence-corrected chi connectivity index (χ1v) is 11.3. The Morgan fingerprint density at radius 2 is 1.50 bits per heavy atom. The Balaban J connectivity index is 0.00000148. The summed E-state index contributed by atoms with van der Waals surface area (Å²) in [6.45, 7) is 3.54. The van der Waals surface area contributed by atoms with Gasteiger partial charge >= 0.3 is 0 Å². The first-order valence-electron chi connectivity index (χ1n) is 11.3. The Morgan fingerprint density at radius 3 is 2.19 bits per heavy atom. The average Bonchev–Trinajstić information content (AvgIpc) is 2.85. The molecule has 5 rings (SSSR count). The fourth-order valence-corrected chi connectivity index (χ4v) is 4.17. The van der Waals surface area contributed by atoms with E-state index in [1.807, 2.05) is 13.8 Å². The van der Waals surface area contributed by atoms with Gasteiger partial charge < -0.3 is 44.8 Å². The number of phenols is 5. The van der Waals surface area contributed by atoms with Crippen molar-refractivity contribution in [3.63, 3.8) is 0 Å². The third kappa shape index (κ3) is 4.38. The summed E-state index contributed by atoms with van der Waals surface area (Å²) in [7, 11) is 0. The van der Waals surface area contributed by atoms with Crippen LogP contribution in [-0.2, 0) is 0 Å². The molecule has 0 fully saturated rings. The van der Waals surface area contributed by atoms with Crippen LogP contribution in [0.3, 0.4) is 0 Å². The second-order valence-electron chi connectivity index (χ2n) is 8.06. The summed E-state index contributed by atoms with van der Waals surface area (Å²) in [6.07, 6.45) is -2.80. The molecule has 0 amide bonds. The zero-order valence-corrected chi connectivity index (χ0v) is 19.5. The van der Waals surface area contributed by atoms with E-state index in [0.29, 0.717) is 11.1 Å². The minimum atomic E-state index is -0.918. The Labute approximate surface area is 206 Å².